The fourth-order valence-corrected chi connectivity index (χ4v) is 2.00. The van der Waals surface area contributed by atoms with Crippen LogP contribution in [0.3, 0.4) is 0 Å². The molecule has 0 bridgehead atoms. The van der Waals surface area contributed by atoms with Gasteiger partial charge in [-0.15, -0.1) is 0 Å². The highest BCUT2D eigenvalue weighted by Gasteiger charge is 2.27. The normalized spacial score (nSPS) is 13.7. The fourth-order valence-electron chi connectivity index (χ4n) is 1.62. The van der Waals surface area contributed by atoms with Gasteiger partial charge in [-0.3, -0.25) is 11.3 Å². The van der Waals surface area contributed by atoms with Gasteiger partial charge >= 0.3 is 6.18 Å². The van der Waals surface area contributed by atoms with Gasteiger partial charge in [0.05, 0.1) is 0 Å². The van der Waals surface area contributed by atoms with Crippen LogP contribution >= 0.6 is 15.9 Å². The maximum absolute atomic E-state index is 13.5. The van der Waals surface area contributed by atoms with E-state index in [4.69, 9.17) is 5.84 Å². The van der Waals surface area contributed by atoms with Crippen molar-refractivity contribution in [3.05, 3.63) is 34.1 Å². The van der Waals surface area contributed by atoms with Crippen molar-refractivity contribution in [1.82, 2.24) is 5.43 Å². The van der Waals surface area contributed by atoms with E-state index in [0.717, 1.165) is 0 Å². The molecule has 0 fully saturated rings. The van der Waals surface area contributed by atoms with E-state index in [0.29, 0.717) is 4.47 Å². The van der Waals surface area contributed by atoms with E-state index >= 15 is 0 Å². The van der Waals surface area contributed by atoms with Crippen molar-refractivity contribution in [2.75, 3.05) is 0 Å². The summed E-state index contributed by atoms with van der Waals surface area (Å²) in [4.78, 5) is 0. The number of benzene rings is 1. The van der Waals surface area contributed by atoms with Crippen molar-refractivity contribution in [2.45, 2.75) is 31.5 Å². The monoisotopic (exact) mass is 328 g/mol. The summed E-state index contributed by atoms with van der Waals surface area (Å²) >= 11 is 3.18. The zero-order valence-corrected chi connectivity index (χ0v) is 11.0. The quantitative estimate of drug-likeness (QED) is 0.490. The lowest BCUT2D eigenvalue weighted by Crippen LogP contribution is -2.29. The van der Waals surface area contributed by atoms with Crippen LogP contribution in [0.4, 0.5) is 17.6 Å². The number of nitrogens with two attached hydrogens (primary N) is 1. The Hall–Kier alpha value is -0.660. The van der Waals surface area contributed by atoms with Crippen LogP contribution in [0.25, 0.3) is 0 Å². The molecule has 0 radical (unpaired) electrons. The summed E-state index contributed by atoms with van der Waals surface area (Å²) in [5, 5.41) is 0. The average molecular weight is 329 g/mol. The molecule has 3 N–H and O–H groups in total. The third kappa shape index (κ3) is 4.91. The number of alkyl halides is 3. The summed E-state index contributed by atoms with van der Waals surface area (Å²) in [5.41, 5.74) is 2.60. The first-order valence-corrected chi connectivity index (χ1v) is 6.10. The van der Waals surface area contributed by atoms with Crippen LogP contribution in [0.15, 0.2) is 22.7 Å². The van der Waals surface area contributed by atoms with E-state index in [1.54, 1.807) is 0 Å². The highest BCUT2D eigenvalue weighted by molar-refractivity contribution is 9.10. The minimum atomic E-state index is -4.20. The Morgan fingerprint density at radius 3 is 2.56 bits per heavy atom. The molecule has 1 aromatic rings. The van der Waals surface area contributed by atoms with Gasteiger partial charge in [-0.05, 0) is 31.0 Å². The van der Waals surface area contributed by atoms with Crippen LogP contribution < -0.4 is 11.3 Å². The first-order valence-electron chi connectivity index (χ1n) is 5.31. The topological polar surface area (TPSA) is 38.0 Å². The Balaban J connectivity index is 2.68. The fraction of sp³-hybridized carbons (Fsp3) is 0.455. The second-order valence-corrected chi connectivity index (χ2v) is 4.81. The van der Waals surface area contributed by atoms with E-state index < -0.39 is 24.5 Å². The van der Waals surface area contributed by atoms with Crippen molar-refractivity contribution in [3.63, 3.8) is 0 Å². The van der Waals surface area contributed by atoms with Gasteiger partial charge in [0.2, 0.25) is 0 Å². The van der Waals surface area contributed by atoms with Crippen LogP contribution in [0.2, 0.25) is 0 Å². The predicted molar refractivity (Wildman–Crippen MR) is 64.1 cm³/mol. The SMILES string of the molecule is NNC(CCCC(F)(F)F)c1cc(Br)ccc1F. The summed E-state index contributed by atoms with van der Waals surface area (Å²) in [6, 6.07) is 3.63. The maximum Gasteiger partial charge on any atom is 0.389 e. The minimum absolute atomic E-state index is 0.107. The number of nitrogens with one attached hydrogen (secondary N) is 1. The van der Waals surface area contributed by atoms with Gasteiger partial charge < -0.3 is 0 Å². The van der Waals surface area contributed by atoms with Gasteiger partial charge in [-0.25, -0.2) is 4.39 Å². The number of hydrogen-bond acceptors (Lipinski definition) is 2. The van der Waals surface area contributed by atoms with E-state index in [2.05, 4.69) is 21.4 Å². The van der Waals surface area contributed by atoms with Crippen molar-refractivity contribution in [3.8, 4) is 0 Å². The molecule has 1 atom stereocenters. The van der Waals surface area contributed by atoms with Crippen molar-refractivity contribution < 1.29 is 17.6 Å². The van der Waals surface area contributed by atoms with Crippen LogP contribution in [0, 0.1) is 5.82 Å². The van der Waals surface area contributed by atoms with E-state index in [1.807, 2.05) is 0 Å². The van der Waals surface area contributed by atoms with Gasteiger partial charge in [0, 0.05) is 22.5 Å². The van der Waals surface area contributed by atoms with Gasteiger partial charge in [-0.1, -0.05) is 15.9 Å². The molecule has 0 aliphatic carbocycles. The zero-order chi connectivity index (χ0) is 13.8. The van der Waals surface area contributed by atoms with E-state index in [1.165, 1.54) is 18.2 Å². The molecular formula is C11H13BrF4N2. The molecule has 0 saturated heterocycles. The van der Waals surface area contributed by atoms with Crippen LogP contribution in [-0.4, -0.2) is 6.18 Å². The molecule has 7 heteroatoms. The summed E-state index contributed by atoms with van der Waals surface area (Å²) in [5.74, 6) is 4.77. The second-order valence-electron chi connectivity index (χ2n) is 3.89. The molecule has 1 rings (SSSR count). The standard InChI is InChI=1S/C11H13BrF4N2/c12-7-3-4-9(13)8(6-7)10(18-17)2-1-5-11(14,15)16/h3-4,6,10,18H,1-2,5,17H2. The number of rotatable bonds is 5. The Morgan fingerprint density at radius 2 is 2.00 bits per heavy atom. The lowest BCUT2D eigenvalue weighted by molar-refractivity contribution is -0.135. The van der Waals surface area contributed by atoms with Gasteiger partial charge in [0.15, 0.2) is 0 Å². The highest BCUT2D eigenvalue weighted by atomic mass is 79.9. The first kappa shape index (κ1) is 15.4. The molecule has 0 aliphatic rings. The maximum atomic E-state index is 13.5. The molecule has 2 nitrogen and oxygen atoms in total. The Bertz CT molecular complexity index is 395. The number of hydrogen-bond donors (Lipinski definition) is 2. The van der Waals surface area contributed by atoms with E-state index in [9.17, 15) is 17.6 Å². The molecule has 0 aromatic heterocycles. The van der Waals surface area contributed by atoms with Gasteiger partial charge in [0.25, 0.3) is 0 Å². The highest BCUT2D eigenvalue weighted by Crippen LogP contribution is 2.28. The van der Waals surface area contributed by atoms with Gasteiger partial charge in [-0.2, -0.15) is 13.2 Å². The molecule has 102 valence electrons. The third-order valence-corrected chi connectivity index (χ3v) is 2.98. The second kappa shape index (κ2) is 6.49. The van der Waals surface area contributed by atoms with Crippen LogP contribution in [0.5, 0.6) is 0 Å². The summed E-state index contributed by atoms with van der Waals surface area (Å²) in [6.07, 6.45) is -5.09. The average Bonchev–Trinajstić information content (AvgIpc) is 2.27. The third-order valence-electron chi connectivity index (χ3n) is 2.49. The molecular weight excluding hydrogens is 316 g/mol. The number of hydrazine groups is 1. The largest absolute Gasteiger partial charge is 0.389 e. The smallest absolute Gasteiger partial charge is 0.271 e. The molecule has 0 amide bonds. The van der Waals surface area contributed by atoms with Crippen LogP contribution in [-0.2, 0) is 0 Å². The van der Waals surface area contributed by atoms with E-state index in [-0.39, 0.29) is 18.4 Å². The molecule has 0 heterocycles. The lowest BCUT2D eigenvalue weighted by Gasteiger charge is -2.17. The van der Waals surface area contributed by atoms with Gasteiger partial charge in [0.1, 0.15) is 5.82 Å². The predicted octanol–water partition coefficient (Wildman–Crippen LogP) is 3.83. The molecule has 1 unspecified atom stereocenters. The number of halogens is 5. The molecule has 18 heavy (non-hydrogen) atoms. The molecule has 0 spiro atoms. The Kier molecular flexibility index (Phi) is 5.55. The summed E-state index contributed by atoms with van der Waals surface area (Å²) in [6.45, 7) is 0. The molecule has 0 aliphatic heterocycles. The van der Waals surface area contributed by atoms with Crippen molar-refractivity contribution in [1.29, 1.82) is 0 Å². The van der Waals surface area contributed by atoms with Crippen molar-refractivity contribution in [2.24, 2.45) is 5.84 Å². The summed E-state index contributed by atoms with van der Waals surface area (Å²) < 4.78 is 50.2. The first-order chi connectivity index (χ1) is 8.33. The van der Waals surface area contributed by atoms with Crippen LogP contribution in [0.1, 0.15) is 30.9 Å². The van der Waals surface area contributed by atoms with Crippen molar-refractivity contribution >= 4 is 15.9 Å². The molecule has 1 aromatic carbocycles. The lowest BCUT2D eigenvalue weighted by atomic mass is 10.0. The molecule has 0 saturated carbocycles. The Labute approximate surface area is 111 Å². The summed E-state index contributed by atoms with van der Waals surface area (Å²) in [7, 11) is 0. The Morgan fingerprint density at radius 1 is 1.33 bits per heavy atom. The zero-order valence-electron chi connectivity index (χ0n) is 9.40. The minimum Gasteiger partial charge on any atom is -0.271 e.